The first-order valence-electron chi connectivity index (χ1n) is 3.77. The molecule has 3 heteroatoms. The minimum Gasteiger partial charge on any atom is -0.398 e. The van der Waals surface area contributed by atoms with Gasteiger partial charge in [-0.1, -0.05) is 13.0 Å². The van der Waals surface area contributed by atoms with Crippen LogP contribution in [0.2, 0.25) is 0 Å². The summed E-state index contributed by atoms with van der Waals surface area (Å²) in [5.41, 5.74) is 6.68. The lowest BCUT2D eigenvalue weighted by molar-refractivity contribution is 0.0986. The van der Waals surface area contributed by atoms with E-state index in [1.165, 1.54) is 0 Å². The third-order valence-corrected chi connectivity index (χ3v) is 2.05. The van der Waals surface area contributed by atoms with Gasteiger partial charge in [-0.3, -0.25) is 4.79 Å². The van der Waals surface area contributed by atoms with E-state index in [9.17, 15) is 4.79 Å². The highest BCUT2D eigenvalue weighted by molar-refractivity contribution is 7.80. The van der Waals surface area contributed by atoms with Crippen molar-refractivity contribution in [2.24, 2.45) is 0 Å². The number of hydrogen-bond acceptors (Lipinski definition) is 3. The number of hydrogen-bond donors (Lipinski definition) is 2. The molecule has 0 atom stereocenters. The highest BCUT2D eigenvalue weighted by Crippen LogP contribution is 2.21. The normalized spacial score (nSPS) is 9.83. The largest absolute Gasteiger partial charge is 0.398 e. The Morgan fingerprint density at radius 3 is 2.75 bits per heavy atom. The monoisotopic (exact) mass is 181 g/mol. The smallest absolute Gasteiger partial charge is 0.165 e. The summed E-state index contributed by atoms with van der Waals surface area (Å²) < 4.78 is 0. The average Bonchev–Trinajstić information content (AvgIpc) is 2.03. The van der Waals surface area contributed by atoms with Crippen molar-refractivity contribution in [2.75, 3.05) is 5.73 Å². The summed E-state index contributed by atoms with van der Waals surface area (Å²) in [6.45, 7) is 1.81. The van der Waals surface area contributed by atoms with Crippen LogP contribution in [0.4, 0.5) is 5.69 Å². The molecule has 12 heavy (non-hydrogen) atoms. The molecule has 0 bridgehead atoms. The Morgan fingerprint density at radius 2 is 2.25 bits per heavy atom. The number of thiol groups is 1. The summed E-state index contributed by atoms with van der Waals surface area (Å²) in [6.07, 6.45) is 0.460. The van der Waals surface area contributed by atoms with Crippen LogP contribution < -0.4 is 5.73 Å². The Bertz CT molecular complexity index is 289. The second-order valence-corrected chi connectivity index (χ2v) is 3.00. The van der Waals surface area contributed by atoms with E-state index in [1.807, 2.05) is 6.92 Å². The number of nitrogen functional groups attached to an aromatic ring is 1. The molecule has 0 amide bonds. The van der Waals surface area contributed by atoms with Gasteiger partial charge in [0.05, 0.1) is 5.56 Å². The fourth-order valence-electron chi connectivity index (χ4n) is 1.04. The summed E-state index contributed by atoms with van der Waals surface area (Å²) in [6, 6.07) is 5.26. The quantitative estimate of drug-likeness (QED) is 0.417. The van der Waals surface area contributed by atoms with Crippen LogP contribution in [0.25, 0.3) is 0 Å². The Hall–Kier alpha value is -0.960. The molecule has 1 rings (SSSR count). The van der Waals surface area contributed by atoms with Crippen molar-refractivity contribution in [2.45, 2.75) is 18.2 Å². The molecule has 0 saturated heterocycles. The lowest BCUT2D eigenvalue weighted by atomic mass is 10.1. The van der Waals surface area contributed by atoms with Gasteiger partial charge in [0.1, 0.15) is 0 Å². The maximum Gasteiger partial charge on any atom is 0.165 e. The van der Waals surface area contributed by atoms with E-state index in [2.05, 4.69) is 12.6 Å². The van der Waals surface area contributed by atoms with Crippen molar-refractivity contribution in [3.05, 3.63) is 23.8 Å². The number of Topliss-reactive ketones (excluding diaryl/α,β-unsaturated/α-hetero) is 1. The molecule has 0 aliphatic carbocycles. The van der Waals surface area contributed by atoms with E-state index < -0.39 is 0 Å². The number of nitrogens with two attached hydrogens (primary N) is 1. The molecule has 0 aliphatic rings. The Kier molecular flexibility index (Phi) is 2.76. The van der Waals surface area contributed by atoms with Gasteiger partial charge >= 0.3 is 0 Å². The van der Waals surface area contributed by atoms with Crippen molar-refractivity contribution < 1.29 is 4.79 Å². The van der Waals surface area contributed by atoms with Crippen LogP contribution in [0.15, 0.2) is 23.1 Å². The van der Waals surface area contributed by atoms with Crippen LogP contribution in [-0.4, -0.2) is 5.78 Å². The van der Waals surface area contributed by atoms with E-state index in [0.29, 0.717) is 22.6 Å². The molecule has 2 nitrogen and oxygen atoms in total. The third kappa shape index (κ3) is 1.61. The molecule has 0 radical (unpaired) electrons. The molecule has 0 aromatic heterocycles. The van der Waals surface area contributed by atoms with Gasteiger partial charge in [-0.25, -0.2) is 0 Å². The maximum absolute atomic E-state index is 11.3. The van der Waals surface area contributed by atoms with Crippen molar-refractivity contribution >= 4 is 24.1 Å². The summed E-state index contributed by atoms with van der Waals surface area (Å²) >= 11 is 4.16. The van der Waals surface area contributed by atoms with Crippen LogP contribution in [0, 0.1) is 0 Å². The highest BCUT2D eigenvalue weighted by atomic mass is 32.1. The Labute approximate surface area is 77.2 Å². The van der Waals surface area contributed by atoms with Crippen molar-refractivity contribution in [1.29, 1.82) is 0 Å². The molecular weight excluding hydrogens is 170 g/mol. The number of carbonyl (C=O) groups excluding carboxylic acids is 1. The molecule has 64 valence electrons. The molecule has 0 fully saturated rings. The van der Waals surface area contributed by atoms with E-state index >= 15 is 0 Å². The second-order valence-electron chi connectivity index (χ2n) is 2.52. The molecule has 1 aromatic rings. The zero-order chi connectivity index (χ0) is 9.14. The zero-order valence-electron chi connectivity index (χ0n) is 6.87. The first-order chi connectivity index (χ1) is 5.66. The maximum atomic E-state index is 11.3. The summed E-state index contributed by atoms with van der Waals surface area (Å²) in [5.74, 6) is 0.0399. The molecule has 2 N–H and O–H groups in total. The zero-order valence-corrected chi connectivity index (χ0v) is 7.77. The van der Waals surface area contributed by atoms with E-state index in [0.717, 1.165) is 0 Å². The van der Waals surface area contributed by atoms with Gasteiger partial charge in [-0.15, -0.1) is 12.6 Å². The lowest BCUT2D eigenvalue weighted by Gasteiger charge is -2.05. The minimum absolute atomic E-state index is 0.0399. The van der Waals surface area contributed by atoms with Crippen LogP contribution in [-0.2, 0) is 0 Å². The van der Waals surface area contributed by atoms with Gasteiger partial charge in [0.15, 0.2) is 5.78 Å². The van der Waals surface area contributed by atoms with Crippen LogP contribution in [0.1, 0.15) is 23.7 Å². The number of benzene rings is 1. The van der Waals surface area contributed by atoms with E-state index in [1.54, 1.807) is 18.2 Å². The van der Waals surface area contributed by atoms with Crippen LogP contribution in [0.5, 0.6) is 0 Å². The van der Waals surface area contributed by atoms with Gasteiger partial charge in [0, 0.05) is 17.0 Å². The standard InChI is InChI=1S/C9H11NOS/c1-2-7(11)9-6(10)4-3-5-8(9)12/h3-5,12H,2,10H2,1H3. The molecule has 1 aromatic carbocycles. The fourth-order valence-corrected chi connectivity index (χ4v) is 1.38. The molecule has 0 aliphatic heterocycles. The van der Waals surface area contributed by atoms with Gasteiger partial charge in [-0.2, -0.15) is 0 Å². The predicted octanol–water partition coefficient (Wildman–Crippen LogP) is 2.15. The third-order valence-electron chi connectivity index (χ3n) is 1.67. The van der Waals surface area contributed by atoms with Gasteiger partial charge in [0.25, 0.3) is 0 Å². The Morgan fingerprint density at radius 1 is 1.58 bits per heavy atom. The van der Waals surface area contributed by atoms with Crippen LogP contribution in [0.3, 0.4) is 0 Å². The molecule has 0 spiro atoms. The van der Waals surface area contributed by atoms with E-state index in [-0.39, 0.29) is 5.78 Å². The first-order valence-corrected chi connectivity index (χ1v) is 4.22. The van der Waals surface area contributed by atoms with Gasteiger partial charge < -0.3 is 5.73 Å². The van der Waals surface area contributed by atoms with E-state index in [4.69, 9.17) is 5.73 Å². The second kappa shape index (κ2) is 3.63. The Balaban J connectivity index is 3.21. The highest BCUT2D eigenvalue weighted by Gasteiger charge is 2.09. The minimum atomic E-state index is 0.0399. The molecular formula is C9H11NOS. The topological polar surface area (TPSA) is 43.1 Å². The number of rotatable bonds is 2. The molecule has 0 saturated carbocycles. The number of carbonyl (C=O) groups is 1. The first kappa shape index (κ1) is 9.13. The van der Waals surface area contributed by atoms with Crippen molar-refractivity contribution in [3.63, 3.8) is 0 Å². The van der Waals surface area contributed by atoms with Gasteiger partial charge in [0.2, 0.25) is 0 Å². The van der Waals surface area contributed by atoms with Gasteiger partial charge in [-0.05, 0) is 12.1 Å². The lowest BCUT2D eigenvalue weighted by Crippen LogP contribution is -2.03. The summed E-state index contributed by atoms with van der Waals surface area (Å²) in [5, 5.41) is 0. The summed E-state index contributed by atoms with van der Waals surface area (Å²) in [4.78, 5) is 12.0. The predicted molar refractivity (Wildman–Crippen MR) is 52.7 cm³/mol. The fraction of sp³-hybridized carbons (Fsp3) is 0.222. The van der Waals surface area contributed by atoms with Crippen molar-refractivity contribution in [1.82, 2.24) is 0 Å². The van der Waals surface area contributed by atoms with Crippen molar-refractivity contribution in [3.8, 4) is 0 Å². The number of anilines is 1. The molecule has 0 heterocycles. The SMILES string of the molecule is CCC(=O)c1c(N)cccc1S. The molecule has 0 unspecified atom stereocenters. The van der Waals surface area contributed by atoms with Crippen LogP contribution >= 0.6 is 12.6 Å². The summed E-state index contributed by atoms with van der Waals surface area (Å²) in [7, 11) is 0. The average molecular weight is 181 g/mol. The number of ketones is 1.